The molecule has 0 radical (unpaired) electrons. The van der Waals surface area contributed by atoms with Crippen molar-refractivity contribution in [2.24, 2.45) is 5.92 Å². The van der Waals surface area contributed by atoms with Crippen molar-refractivity contribution < 1.29 is 18.7 Å². The van der Waals surface area contributed by atoms with Gasteiger partial charge in [0.2, 0.25) is 0 Å². The molecule has 0 bridgehead atoms. The second-order valence-corrected chi connectivity index (χ2v) is 6.53. The Labute approximate surface area is 127 Å². The molecule has 1 atom stereocenters. The Bertz CT molecular complexity index is 478. The normalized spacial score (nSPS) is 19.6. The summed E-state index contributed by atoms with van der Waals surface area (Å²) in [6.07, 6.45) is 2.20. The third kappa shape index (κ3) is 5.63. The molecule has 1 unspecified atom stereocenters. The standard InChI is InChI=1S/C15H19F2NO2S/c16-12-7-13(17)9-14(8-12)21-5-4-18-3-1-2-11(10-18)6-15(19)20/h7-9,11H,1-6,10H2,(H,19,20). The number of thioether (sulfide) groups is 1. The number of aliphatic carboxylic acids is 1. The van der Waals surface area contributed by atoms with Crippen LogP contribution in [0, 0.1) is 17.6 Å². The Morgan fingerprint density at radius 1 is 1.33 bits per heavy atom. The highest BCUT2D eigenvalue weighted by molar-refractivity contribution is 7.99. The number of carboxylic acid groups (broad SMARTS) is 1. The zero-order valence-electron chi connectivity index (χ0n) is 11.7. The summed E-state index contributed by atoms with van der Waals surface area (Å²) >= 11 is 1.42. The van der Waals surface area contributed by atoms with Crippen LogP contribution in [0.3, 0.4) is 0 Å². The lowest BCUT2D eigenvalue weighted by Gasteiger charge is -2.31. The molecule has 1 aliphatic heterocycles. The van der Waals surface area contributed by atoms with E-state index in [0.29, 0.717) is 4.90 Å². The van der Waals surface area contributed by atoms with Crippen molar-refractivity contribution in [3.63, 3.8) is 0 Å². The zero-order valence-corrected chi connectivity index (χ0v) is 12.5. The summed E-state index contributed by atoms with van der Waals surface area (Å²) in [5, 5.41) is 8.84. The molecule has 1 aromatic rings. The van der Waals surface area contributed by atoms with Gasteiger partial charge in [0.15, 0.2) is 0 Å². The minimum atomic E-state index is -0.744. The molecule has 2 rings (SSSR count). The van der Waals surface area contributed by atoms with Crippen molar-refractivity contribution in [2.45, 2.75) is 24.2 Å². The van der Waals surface area contributed by atoms with Crippen LogP contribution in [0.2, 0.25) is 0 Å². The van der Waals surface area contributed by atoms with Gasteiger partial charge in [0.05, 0.1) is 0 Å². The first-order chi connectivity index (χ1) is 10.0. The highest BCUT2D eigenvalue weighted by Gasteiger charge is 2.21. The van der Waals surface area contributed by atoms with Crippen LogP contribution in [-0.2, 0) is 4.79 Å². The van der Waals surface area contributed by atoms with E-state index in [4.69, 9.17) is 5.11 Å². The maximum Gasteiger partial charge on any atom is 0.303 e. The number of carbonyl (C=O) groups is 1. The van der Waals surface area contributed by atoms with Gasteiger partial charge in [0.1, 0.15) is 11.6 Å². The van der Waals surface area contributed by atoms with Gasteiger partial charge in [-0.3, -0.25) is 4.79 Å². The molecule has 1 fully saturated rings. The number of nitrogens with zero attached hydrogens (tertiary/aromatic N) is 1. The molecule has 0 amide bonds. The monoisotopic (exact) mass is 315 g/mol. The van der Waals surface area contributed by atoms with E-state index in [1.807, 2.05) is 0 Å². The number of piperidine rings is 1. The lowest BCUT2D eigenvalue weighted by Crippen LogP contribution is -2.37. The zero-order chi connectivity index (χ0) is 15.2. The van der Waals surface area contributed by atoms with Crippen LogP contribution in [0.25, 0.3) is 0 Å². The molecule has 1 N–H and O–H groups in total. The van der Waals surface area contributed by atoms with Crippen LogP contribution in [-0.4, -0.2) is 41.4 Å². The average Bonchev–Trinajstić information content (AvgIpc) is 2.37. The maximum atomic E-state index is 13.1. The number of hydrogen-bond acceptors (Lipinski definition) is 3. The van der Waals surface area contributed by atoms with Crippen molar-refractivity contribution >= 4 is 17.7 Å². The predicted octanol–water partition coefficient (Wildman–Crippen LogP) is 3.24. The molecule has 6 heteroatoms. The first-order valence-corrected chi connectivity index (χ1v) is 8.04. The number of halogens is 2. The van der Waals surface area contributed by atoms with Gasteiger partial charge in [0, 0.05) is 36.2 Å². The SMILES string of the molecule is O=C(O)CC1CCCN(CCSc2cc(F)cc(F)c2)C1. The number of carboxylic acids is 1. The summed E-state index contributed by atoms with van der Waals surface area (Å²) < 4.78 is 26.1. The highest BCUT2D eigenvalue weighted by Crippen LogP contribution is 2.23. The third-order valence-corrected chi connectivity index (χ3v) is 4.53. The van der Waals surface area contributed by atoms with Gasteiger partial charge in [-0.05, 0) is 37.4 Å². The summed E-state index contributed by atoms with van der Waals surface area (Å²) in [7, 11) is 0. The molecular formula is C15H19F2NO2S. The molecule has 3 nitrogen and oxygen atoms in total. The fourth-order valence-electron chi connectivity index (χ4n) is 2.67. The second-order valence-electron chi connectivity index (χ2n) is 5.36. The summed E-state index contributed by atoms with van der Waals surface area (Å²) in [6, 6.07) is 3.53. The van der Waals surface area contributed by atoms with E-state index < -0.39 is 17.6 Å². The smallest absolute Gasteiger partial charge is 0.303 e. The fraction of sp³-hybridized carbons (Fsp3) is 0.533. The van der Waals surface area contributed by atoms with Gasteiger partial charge >= 0.3 is 5.97 Å². The first-order valence-electron chi connectivity index (χ1n) is 7.06. The van der Waals surface area contributed by atoms with Crippen molar-refractivity contribution in [3.05, 3.63) is 29.8 Å². The Morgan fingerprint density at radius 2 is 2.05 bits per heavy atom. The predicted molar refractivity (Wildman–Crippen MR) is 78.5 cm³/mol. The molecule has 1 saturated heterocycles. The van der Waals surface area contributed by atoms with E-state index in [1.165, 1.54) is 23.9 Å². The van der Waals surface area contributed by atoms with E-state index in [9.17, 15) is 13.6 Å². The summed E-state index contributed by atoms with van der Waals surface area (Å²) in [5.41, 5.74) is 0. The molecule has 0 spiro atoms. The van der Waals surface area contributed by atoms with Gasteiger partial charge in [0.25, 0.3) is 0 Å². The minimum Gasteiger partial charge on any atom is -0.481 e. The molecule has 116 valence electrons. The Kier molecular flexibility index (Phi) is 5.99. The Balaban J connectivity index is 1.76. The van der Waals surface area contributed by atoms with E-state index in [2.05, 4.69) is 4.90 Å². The summed E-state index contributed by atoms with van der Waals surface area (Å²) in [5.74, 6) is -0.906. The van der Waals surface area contributed by atoms with Gasteiger partial charge in [-0.15, -0.1) is 11.8 Å². The fourth-order valence-corrected chi connectivity index (χ4v) is 3.65. The molecule has 0 saturated carbocycles. The number of hydrogen-bond donors (Lipinski definition) is 1. The summed E-state index contributed by atoms with van der Waals surface area (Å²) in [4.78, 5) is 13.6. The highest BCUT2D eigenvalue weighted by atomic mass is 32.2. The minimum absolute atomic E-state index is 0.216. The van der Waals surface area contributed by atoms with E-state index in [0.717, 1.165) is 44.3 Å². The van der Waals surface area contributed by atoms with Crippen molar-refractivity contribution in [2.75, 3.05) is 25.4 Å². The second kappa shape index (κ2) is 7.75. The average molecular weight is 315 g/mol. The molecule has 1 aromatic carbocycles. The van der Waals surface area contributed by atoms with Gasteiger partial charge in [-0.25, -0.2) is 8.78 Å². The lowest BCUT2D eigenvalue weighted by atomic mass is 9.95. The van der Waals surface area contributed by atoms with Crippen LogP contribution in [0.1, 0.15) is 19.3 Å². The van der Waals surface area contributed by atoms with E-state index >= 15 is 0 Å². The maximum absolute atomic E-state index is 13.1. The van der Waals surface area contributed by atoms with Gasteiger partial charge in [-0.2, -0.15) is 0 Å². The van der Waals surface area contributed by atoms with Gasteiger partial charge in [-0.1, -0.05) is 0 Å². The molecule has 0 aliphatic carbocycles. The van der Waals surface area contributed by atoms with Crippen molar-refractivity contribution in [1.82, 2.24) is 4.90 Å². The van der Waals surface area contributed by atoms with Crippen LogP contribution in [0.5, 0.6) is 0 Å². The lowest BCUT2D eigenvalue weighted by molar-refractivity contribution is -0.138. The number of benzene rings is 1. The molecule has 21 heavy (non-hydrogen) atoms. The van der Waals surface area contributed by atoms with Crippen LogP contribution in [0.4, 0.5) is 8.78 Å². The number of likely N-dealkylation sites (tertiary alicyclic amines) is 1. The van der Waals surface area contributed by atoms with Crippen molar-refractivity contribution in [1.29, 1.82) is 0 Å². The third-order valence-electron chi connectivity index (χ3n) is 3.58. The van der Waals surface area contributed by atoms with E-state index in [-0.39, 0.29) is 12.3 Å². The largest absolute Gasteiger partial charge is 0.481 e. The summed E-state index contributed by atoms with van der Waals surface area (Å²) in [6.45, 7) is 2.57. The van der Waals surface area contributed by atoms with Crippen LogP contribution < -0.4 is 0 Å². The molecule has 0 aromatic heterocycles. The van der Waals surface area contributed by atoms with Crippen molar-refractivity contribution in [3.8, 4) is 0 Å². The topological polar surface area (TPSA) is 40.5 Å². The van der Waals surface area contributed by atoms with Gasteiger partial charge < -0.3 is 10.0 Å². The first kappa shape index (κ1) is 16.2. The molecule has 1 aliphatic rings. The number of rotatable bonds is 6. The van der Waals surface area contributed by atoms with Crippen LogP contribution >= 0.6 is 11.8 Å². The van der Waals surface area contributed by atoms with E-state index in [1.54, 1.807) is 0 Å². The Hall–Kier alpha value is -1.14. The Morgan fingerprint density at radius 3 is 2.71 bits per heavy atom. The molecule has 1 heterocycles. The quantitative estimate of drug-likeness (QED) is 0.818. The molecular weight excluding hydrogens is 296 g/mol. The van der Waals surface area contributed by atoms with Crippen LogP contribution in [0.15, 0.2) is 23.1 Å².